The molecule has 0 bridgehead atoms. The number of nitrogens with one attached hydrogen (secondary N) is 1. The van der Waals surface area contributed by atoms with Crippen LogP contribution in [0.2, 0.25) is 0 Å². The molecule has 0 heterocycles. The Labute approximate surface area is 189 Å². The van der Waals surface area contributed by atoms with Crippen molar-refractivity contribution in [2.45, 2.75) is 110 Å². The summed E-state index contributed by atoms with van der Waals surface area (Å²) in [4.78, 5) is 10.6. The lowest BCUT2D eigenvalue weighted by Crippen LogP contribution is -2.02. The minimum Gasteiger partial charge on any atom is -0.481 e. The van der Waals surface area contributed by atoms with Gasteiger partial charge in [0.15, 0.2) is 0 Å². The van der Waals surface area contributed by atoms with E-state index in [1.165, 1.54) is 89.9 Å². The Balaban J connectivity index is 0.00000784. The van der Waals surface area contributed by atoms with Crippen LogP contribution >= 0.6 is 17.0 Å². The van der Waals surface area contributed by atoms with Gasteiger partial charge in [-0.2, -0.15) is 0 Å². The molecular formula is C25H44BrNO2. The molecule has 0 aromatic heterocycles. The Morgan fingerprint density at radius 3 is 1.66 bits per heavy atom. The Hall–Kier alpha value is -1.03. The maximum absolute atomic E-state index is 10.6. The first-order valence-corrected chi connectivity index (χ1v) is 11.8. The molecule has 4 heteroatoms. The van der Waals surface area contributed by atoms with E-state index in [2.05, 4.69) is 24.4 Å². The SMILES string of the molecule is Br.CCCCCCCCCCCCCCCCNc1ccc(CCC(=O)O)cc1. The Morgan fingerprint density at radius 2 is 1.21 bits per heavy atom. The minimum atomic E-state index is -0.736. The minimum absolute atomic E-state index is 0. The number of benzene rings is 1. The molecule has 0 atom stereocenters. The van der Waals surface area contributed by atoms with E-state index >= 15 is 0 Å². The van der Waals surface area contributed by atoms with Crippen LogP contribution < -0.4 is 5.32 Å². The summed E-state index contributed by atoms with van der Waals surface area (Å²) in [5, 5.41) is 12.2. The summed E-state index contributed by atoms with van der Waals surface area (Å²) in [7, 11) is 0. The fourth-order valence-electron chi connectivity index (χ4n) is 3.59. The molecule has 0 spiro atoms. The number of carboxylic acids is 1. The highest BCUT2D eigenvalue weighted by atomic mass is 79.9. The van der Waals surface area contributed by atoms with Gasteiger partial charge in [-0.1, -0.05) is 103 Å². The first-order chi connectivity index (χ1) is 13.7. The van der Waals surface area contributed by atoms with Gasteiger partial charge in [0.25, 0.3) is 0 Å². The van der Waals surface area contributed by atoms with Crippen molar-refractivity contribution in [3.8, 4) is 0 Å². The number of unbranched alkanes of at least 4 members (excludes halogenated alkanes) is 13. The Bertz CT molecular complexity index is 490. The normalized spacial score (nSPS) is 10.5. The van der Waals surface area contributed by atoms with Crippen LogP contribution in [0.4, 0.5) is 5.69 Å². The predicted molar refractivity (Wildman–Crippen MR) is 132 cm³/mol. The first kappa shape index (κ1) is 28.0. The van der Waals surface area contributed by atoms with Crippen molar-refractivity contribution in [3.63, 3.8) is 0 Å². The molecule has 168 valence electrons. The zero-order valence-corrected chi connectivity index (χ0v) is 20.3. The summed E-state index contributed by atoms with van der Waals surface area (Å²) in [6, 6.07) is 8.16. The molecule has 29 heavy (non-hydrogen) atoms. The number of aryl methyl sites for hydroxylation is 1. The lowest BCUT2D eigenvalue weighted by atomic mass is 10.0. The van der Waals surface area contributed by atoms with Crippen LogP contribution in [0.5, 0.6) is 0 Å². The summed E-state index contributed by atoms with van der Waals surface area (Å²) in [5.74, 6) is -0.736. The third kappa shape index (κ3) is 17.5. The van der Waals surface area contributed by atoms with Gasteiger partial charge >= 0.3 is 5.97 Å². The van der Waals surface area contributed by atoms with Gasteiger partial charge in [0, 0.05) is 18.7 Å². The molecule has 0 amide bonds. The van der Waals surface area contributed by atoms with Crippen molar-refractivity contribution < 1.29 is 9.90 Å². The van der Waals surface area contributed by atoms with Crippen molar-refractivity contribution in [3.05, 3.63) is 29.8 Å². The monoisotopic (exact) mass is 469 g/mol. The second-order valence-corrected chi connectivity index (χ2v) is 8.11. The van der Waals surface area contributed by atoms with E-state index in [9.17, 15) is 4.79 Å². The number of halogens is 1. The molecule has 0 radical (unpaired) electrons. The first-order valence-electron chi connectivity index (χ1n) is 11.8. The van der Waals surface area contributed by atoms with Crippen LogP contribution in [-0.2, 0) is 11.2 Å². The molecule has 1 aromatic carbocycles. The van der Waals surface area contributed by atoms with Crippen molar-refractivity contribution in [1.82, 2.24) is 0 Å². The van der Waals surface area contributed by atoms with E-state index in [0.717, 1.165) is 17.8 Å². The van der Waals surface area contributed by atoms with E-state index in [1.807, 2.05) is 12.1 Å². The molecule has 3 nitrogen and oxygen atoms in total. The van der Waals surface area contributed by atoms with Crippen molar-refractivity contribution >= 4 is 28.6 Å². The zero-order valence-electron chi connectivity index (χ0n) is 18.6. The number of carboxylic acid groups (broad SMARTS) is 1. The van der Waals surface area contributed by atoms with E-state index in [0.29, 0.717) is 6.42 Å². The number of hydrogen-bond donors (Lipinski definition) is 2. The highest BCUT2D eigenvalue weighted by molar-refractivity contribution is 8.93. The molecule has 1 aromatic rings. The van der Waals surface area contributed by atoms with Crippen molar-refractivity contribution in [1.29, 1.82) is 0 Å². The molecule has 2 N–H and O–H groups in total. The summed E-state index contributed by atoms with van der Waals surface area (Å²) in [5.41, 5.74) is 2.22. The van der Waals surface area contributed by atoms with Crippen molar-refractivity contribution in [2.75, 3.05) is 11.9 Å². The topological polar surface area (TPSA) is 49.3 Å². The van der Waals surface area contributed by atoms with Crippen LogP contribution in [-0.4, -0.2) is 17.6 Å². The molecule has 0 saturated carbocycles. The second-order valence-electron chi connectivity index (χ2n) is 8.11. The molecule has 0 aliphatic heterocycles. The average molecular weight is 471 g/mol. The quantitative estimate of drug-likeness (QED) is 0.201. The standard InChI is InChI=1S/C25H43NO2.BrH/c1-2-3-4-5-6-7-8-9-10-11-12-13-14-15-22-26-24-19-16-23(17-20-24)18-21-25(27)28;/h16-17,19-20,26H,2-15,18,21-22H2,1H3,(H,27,28);1H. The zero-order chi connectivity index (χ0) is 20.3. The number of aliphatic carboxylic acids is 1. The Morgan fingerprint density at radius 1 is 0.759 bits per heavy atom. The highest BCUT2D eigenvalue weighted by Crippen LogP contribution is 2.14. The molecule has 0 saturated heterocycles. The van der Waals surface area contributed by atoms with Gasteiger partial charge in [-0.15, -0.1) is 17.0 Å². The fourth-order valence-corrected chi connectivity index (χ4v) is 3.59. The van der Waals surface area contributed by atoms with Crippen LogP contribution in [0.15, 0.2) is 24.3 Å². The number of hydrogen-bond acceptors (Lipinski definition) is 2. The third-order valence-corrected chi connectivity index (χ3v) is 5.44. The number of rotatable bonds is 19. The van der Waals surface area contributed by atoms with Crippen molar-refractivity contribution in [2.24, 2.45) is 0 Å². The van der Waals surface area contributed by atoms with Gasteiger partial charge in [0.1, 0.15) is 0 Å². The van der Waals surface area contributed by atoms with Gasteiger partial charge in [-0.25, -0.2) is 0 Å². The lowest BCUT2D eigenvalue weighted by molar-refractivity contribution is -0.136. The van der Waals surface area contributed by atoms with Crippen LogP contribution in [0, 0.1) is 0 Å². The van der Waals surface area contributed by atoms with E-state index in [-0.39, 0.29) is 23.4 Å². The summed E-state index contributed by atoms with van der Waals surface area (Å²) in [6.07, 6.45) is 20.3. The summed E-state index contributed by atoms with van der Waals surface area (Å²) in [6.45, 7) is 3.30. The van der Waals surface area contributed by atoms with Crippen LogP contribution in [0.1, 0.15) is 109 Å². The maximum atomic E-state index is 10.6. The fraction of sp³-hybridized carbons (Fsp3) is 0.720. The molecule has 0 aliphatic rings. The van der Waals surface area contributed by atoms with E-state index < -0.39 is 5.97 Å². The van der Waals surface area contributed by atoms with Crippen LogP contribution in [0.25, 0.3) is 0 Å². The number of carbonyl (C=O) groups is 1. The lowest BCUT2D eigenvalue weighted by Gasteiger charge is -2.07. The molecule has 0 aliphatic carbocycles. The van der Waals surface area contributed by atoms with Crippen LogP contribution in [0.3, 0.4) is 0 Å². The molecular weight excluding hydrogens is 426 g/mol. The van der Waals surface area contributed by atoms with Gasteiger partial charge < -0.3 is 10.4 Å². The van der Waals surface area contributed by atoms with Gasteiger partial charge in [-0.3, -0.25) is 4.79 Å². The van der Waals surface area contributed by atoms with Gasteiger partial charge in [0.05, 0.1) is 0 Å². The molecule has 1 rings (SSSR count). The predicted octanol–water partition coefficient (Wildman–Crippen LogP) is 8.17. The maximum Gasteiger partial charge on any atom is 0.303 e. The third-order valence-electron chi connectivity index (χ3n) is 5.44. The summed E-state index contributed by atoms with van der Waals surface area (Å²) < 4.78 is 0. The summed E-state index contributed by atoms with van der Waals surface area (Å²) >= 11 is 0. The Kier molecular flexibility index (Phi) is 19.5. The smallest absolute Gasteiger partial charge is 0.303 e. The molecule has 0 unspecified atom stereocenters. The number of anilines is 1. The average Bonchev–Trinajstić information content (AvgIpc) is 2.70. The van der Waals surface area contributed by atoms with Gasteiger partial charge in [0.2, 0.25) is 0 Å². The molecule has 0 fully saturated rings. The largest absolute Gasteiger partial charge is 0.481 e. The van der Waals surface area contributed by atoms with E-state index in [1.54, 1.807) is 0 Å². The second kappa shape index (κ2) is 20.3. The van der Waals surface area contributed by atoms with Gasteiger partial charge in [-0.05, 0) is 30.5 Å². The highest BCUT2D eigenvalue weighted by Gasteiger charge is 1.99. The van der Waals surface area contributed by atoms with E-state index in [4.69, 9.17) is 5.11 Å².